The lowest BCUT2D eigenvalue weighted by Crippen LogP contribution is -2.30. The van der Waals surface area contributed by atoms with E-state index in [0.717, 1.165) is 31.6 Å². The number of carbonyl (C=O) groups is 1. The third-order valence-corrected chi connectivity index (χ3v) is 3.61. The first-order valence-electron chi connectivity index (χ1n) is 6.85. The van der Waals surface area contributed by atoms with Crippen LogP contribution in [0.4, 0.5) is 5.69 Å². The van der Waals surface area contributed by atoms with Gasteiger partial charge in [0.1, 0.15) is 5.69 Å². The quantitative estimate of drug-likeness (QED) is 0.885. The van der Waals surface area contributed by atoms with E-state index in [1.807, 2.05) is 12.1 Å². The number of carbonyl (C=O) groups excluding carboxylic acids is 1. The van der Waals surface area contributed by atoms with E-state index in [0.29, 0.717) is 11.7 Å². The minimum Gasteiger partial charge on any atom is -0.371 e. The Balaban J connectivity index is 1.72. The minimum absolute atomic E-state index is 0.0311. The molecule has 4 nitrogen and oxygen atoms in total. The topological polar surface area (TPSA) is 45.2 Å². The van der Waals surface area contributed by atoms with Crippen molar-refractivity contribution in [1.29, 1.82) is 0 Å². The highest BCUT2D eigenvalue weighted by molar-refractivity contribution is 5.93. The van der Waals surface area contributed by atoms with Crippen molar-refractivity contribution >= 4 is 11.6 Å². The maximum absolute atomic E-state index is 11.9. The van der Waals surface area contributed by atoms with Crippen LogP contribution in [0.2, 0.25) is 0 Å². The van der Waals surface area contributed by atoms with E-state index in [1.165, 1.54) is 19.3 Å². The molecule has 1 N–H and O–H groups in total. The summed E-state index contributed by atoms with van der Waals surface area (Å²) in [7, 11) is 0. The number of amides is 1. The van der Waals surface area contributed by atoms with Crippen LogP contribution in [0, 0.1) is 0 Å². The first-order valence-corrected chi connectivity index (χ1v) is 6.85. The summed E-state index contributed by atoms with van der Waals surface area (Å²) in [4.78, 5) is 18.5. The Morgan fingerprint density at radius 1 is 1.28 bits per heavy atom. The molecule has 0 radical (unpaired) electrons. The Morgan fingerprint density at radius 2 is 2.06 bits per heavy atom. The summed E-state index contributed by atoms with van der Waals surface area (Å²) in [6, 6.07) is 4.31. The van der Waals surface area contributed by atoms with Crippen LogP contribution in [0.1, 0.15) is 42.6 Å². The molecule has 3 rings (SSSR count). The second-order valence-corrected chi connectivity index (χ2v) is 5.19. The Morgan fingerprint density at radius 3 is 2.78 bits per heavy atom. The van der Waals surface area contributed by atoms with Crippen LogP contribution >= 0.6 is 0 Å². The standard InChI is InChI=1S/C14H19N3O/c18-14(16-11-4-5-11)13-10-12(6-7-15-13)17-8-2-1-3-9-17/h6-7,10-11H,1-5,8-9H2,(H,16,18). The van der Waals surface area contributed by atoms with Crippen LogP contribution in [0.3, 0.4) is 0 Å². The summed E-state index contributed by atoms with van der Waals surface area (Å²) >= 11 is 0. The van der Waals surface area contributed by atoms with Gasteiger partial charge in [-0.15, -0.1) is 0 Å². The molecule has 1 amide bonds. The van der Waals surface area contributed by atoms with E-state index in [1.54, 1.807) is 6.20 Å². The highest BCUT2D eigenvalue weighted by Gasteiger charge is 2.24. The lowest BCUT2D eigenvalue weighted by molar-refractivity contribution is 0.0946. The first kappa shape index (κ1) is 11.5. The number of anilines is 1. The largest absolute Gasteiger partial charge is 0.371 e. The fourth-order valence-electron chi connectivity index (χ4n) is 2.38. The van der Waals surface area contributed by atoms with E-state index in [2.05, 4.69) is 15.2 Å². The van der Waals surface area contributed by atoms with Crippen molar-refractivity contribution in [3.63, 3.8) is 0 Å². The summed E-state index contributed by atoms with van der Waals surface area (Å²) in [5.74, 6) is -0.0311. The van der Waals surface area contributed by atoms with Gasteiger partial charge in [-0.1, -0.05) is 0 Å². The number of piperidine rings is 1. The molecule has 1 aromatic heterocycles. The maximum Gasteiger partial charge on any atom is 0.270 e. The summed E-state index contributed by atoms with van der Waals surface area (Å²) in [5.41, 5.74) is 1.68. The smallest absolute Gasteiger partial charge is 0.270 e. The Kier molecular flexibility index (Phi) is 3.17. The van der Waals surface area contributed by atoms with E-state index in [-0.39, 0.29) is 5.91 Å². The number of rotatable bonds is 3. The summed E-state index contributed by atoms with van der Waals surface area (Å²) in [5, 5.41) is 2.98. The van der Waals surface area contributed by atoms with Gasteiger partial charge in [0.25, 0.3) is 5.91 Å². The second kappa shape index (κ2) is 4.96. The molecule has 1 aliphatic heterocycles. The van der Waals surface area contributed by atoms with Crippen LogP contribution in [0.15, 0.2) is 18.3 Å². The molecule has 0 atom stereocenters. The van der Waals surface area contributed by atoms with E-state index in [4.69, 9.17) is 0 Å². The molecule has 4 heteroatoms. The molecule has 1 saturated carbocycles. The van der Waals surface area contributed by atoms with Gasteiger partial charge < -0.3 is 10.2 Å². The van der Waals surface area contributed by atoms with Crippen LogP contribution in [0.5, 0.6) is 0 Å². The van der Waals surface area contributed by atoms with E-state index >= 15 is 0 Å². The SMILES string of the molecule is O=C(NC1CC1)c1cc(N2CCCCC2)ccn1. The summed E-state index contributed by atoms with van der Waals surface area (Å²) in [6.07, 6.45) is 7.76. The number of nitrogens with zero attached hydrogens (tertiary/aromatic N) is 2. The normalized spacial score (nSPS) is 19.7. The fraction of sp³-hybridized carbons (Fsp3) is 0.571. The van der Waals surface area contributed by atoms with E-state index in [9.17, 15) is 4.79 Å². The highest BCUT2D eigenvalue weighted by atomic mass is 16.2. The van der Waals surface area contributed by atoms with Gasteiger partial charge in [0.15, 0.2) is 0 Å². The molecule has 0 bridgehead atoms. The number of nitrogens with one attached hydrogen (secondary N) is 1. The molecule has 1 aromatic rings. The maximum atomic E-state index is 11.9. The highest BCUT2D eigenvalue weighted by Crippen LogP contribution is 2.21. The Hall–Kier alpha value is -1.58. The zero-order valence-electron chi connectivity index (χ0n) is 10.6. The Bertz CT molecular complexity index is 436. The number of aromatic nitrogens is 1. The predicted molar refractivity (Wildman–Crippen MR) is 70.8 cm³/mol. The van der Waals surface area contributed by atoms with Crippen LogP contribution in [-0.4, -0.2) is 30.0 Å². The number of hydrogen-bond acceptors (Lipinski definition) is 3. The molecule has 2 heterocycles. The van der Waals surface area contributed by atoms with Crippen molar-refractivity contribution in [3.8, 4) is 0 Å². The van der Waals surface area contributed by atoms with Gasteiger partial charge in [-0.2, -0.15) is 0 Å². The van der Waals surface area contributed by atoms with Crippen molar-refractivity contribution in [2.24, 2.45) is 0 Å². The summed E-state index contributed by atoms with van der Waals surface area (Å²) < 4.78 is 0. The molecule has 0 aromatic carbocycles. The van der Waals surface area contributed by atoms with Gasteiger partial charge >= 0.3 is 0 Å². The van der Waals surface area contributed by atoms with Crippen molar-refractivity contribution in [1.82, 2.24) is 10.3 Å². The van der Waals surface area contributed by atoms with Crippen molar-refractivity contribution < 1.29 is 4.79 Å². The van der Waals surface area contributed by atoms with Crippen LogP contribution < -0.4 is 10.2 Å². The number of hydrogen-bond donors (Lipinski definition) is 1. The zero-order chi connectivity index (χ0) is 12.4. The Labute approximate surface area is 107 Å². The molecule has 1 aliphatic carbocycles. The lowest BCUT2D eigenvalue weighted by Gasteiger charge is -2.28. The second-order valence-electron chi connectivity index (χ2n) is 5.19. The van der Waals surface area contributed by atoms with Gasteiger partial charge in [-0.25, -0.2) is 0 Å². The number of pyridine rings is 1. The molecule has 96 valence electrons. The van der Waals surface area contributed by atoms with Crippen molar-refractivity contribution in [2.45, 2.75) is 38.1 Å². The molecular weight excluding hydrogens is 226 g/mol. The zero-order valence-corrected chi connectivity index (χ0v) is 10.6. The molecule has 1 saturated heterocycles. The molecule has 2 aliphatic rings. The molecule has 2 fully saturated rings. The van der Waals surface area contributed by atoms with E-state index < -0.39 is 0 Å². The van der Waals surface area contributed by atoms with Gasteiger partial charge in [0, 0.05) is 31.0 Å². The van der Waals surface area contributed by atoms with Gasteiger partial charge in [-0.05, 0) is 44.2 Å². The molecule has 18 heavy (non-hydrogen) atoms. The average Bonchev–Trinajstić information content (AvgIpc) is 3.24. The first-order chi connectivity index (χ1) is 8.83. The van der Waals surface area contributed by atoms with Crippen LogP contribution in [0.25, 0.3) is 0 Å². The fourth-order valence-corrected chi connectivity index (χ4v) is 2.38. The van der Waals surface area contributed by atoms with Crippen molar-refractivity contribution in [2.75, 3.05) is 18.0 Å². The summed E-state index contributed by atoms with van der Waals surface area (Å²) in [6.45, 7) is 2.18. The molecule has 0 spiro atoms. The average molecular weight is 245 g/mol. The van der Waals surface area contributed by atoms with Gasteiger partial charge in [0.05, 0.1) is 0 Å². The minimum atomic E-state index is -0.0311. The van der Waals surface area contributed by atoms with Gasteiger partial charge in [0.2, 0.25) is 0 Å². The third-order valence-electron chi connectivity index (χ3n) is 3.61. The third kappa shape index (κ3) is 2.63. The predicted octanol–water partition coefficient (Wildman–Crippen LogP) is 1.96. The monoisotopic (exact) mass is 245 g/mol. The molecule has 0 unspecified atom stereocenters. The van der Waals surface area contributed by atoms with Gasteiger partial charge in [-0.3, -0.25) is 9.78 Å². The lowest BCUT2D eigenvalue weighted by atomic mass is 10.1. The van der Waals surface area contributed by atoms with Crippen molar-refractivity contribution in [3.05, 3.63) is 24.0 Å². The van der Waals surface area contributed by atoms with Crippen LogP contribution in [-0.2, 0) is 0 Å². The molecular formula is C14H19N3O.